The number of halogens is 1. The maximum Gasteiger partial charge on any atom is 0.325 e. The van der Waals surface area contributed by atoms with E-state index in [-0.39, 0.29) is 12.0 Å². The van der Waals surface area contributed by atoms with Gasteiger partial charge in [0.15, 0.2) is 0 Å². The van der Waals surface area contributed by atoms with Gasteiger partial charge in [0, 0.05) is 15.7 Å². The van der Waals surface area contributed by atoms with Crippen LogP contribution in [-0.4, -0.2) is 22.1 Å². The predicted octanol–water partition coefficient (Wildman–Crippen LogP) is 0.827. The molecular weight excluding hydrogens is 352 g/mol. The molecule has 0 saturated heterocycles. The molecule has 0 unspecified atom stereocenters. The molecule has 0 aliphatic heterocycles. The zero-order valence-electron chi connectivity index (χ0n) is 11.6. The highest BCUT2D eigenvalue weighted by atomic mass is 79.9. The number of nitrogens with zero attached hydrogens (tertiary/aromatic N) is 1. The first-order valence-electron chi connectivity index (χ1n) is 6.35. The van der Waals surface area contributed by atoms with Crippen molar-refractivity contribution in [3.05, 3.63) is 66.4 Å². The van der Waals surface area contributed by atoms with E-state index in [1.165, 1.54) is 6.21 Å². The van der Waals surface area contributed by atoms with Gasteiger partial charge in [-0.15, -0.1) is 0 Å². The summed E-state index contributed by atoms with van der Waals surface area (Å²) in [5.41, 5.74) is 2.54. The molecule has 22 heavy (non-hydrogen) atoms. The van der Waals surface area contributed by atoms with Gasteiger partial charge in [0.05, 0.1) is 12.6 Å². The van der Waals surface area contributed by atoms with E-state index in [9.17, 15) is 14.4 Å². The minimum absolute atomic E-state index is 0.173. The lowest BCUT2D eigenvalue weighted by atomic mass is 10.1. The normalized spacial score (nSPS) is 10.8. The Morgan fingerprint density at radius 2 is 2.14 bits per heavy atom. The molecule has 0 aliphatic carbocycles. The second-order valence-electron chi connectivity index (χ2n) is 4.54. The Morgan fingerprint density at radius 1 is 1.36 bits per heavy atom. The quantitative estimate of drug-likeness (QED) is 0.552. The van der Waals surface area contributed by atoms with Crippen molar-refractivity contribution < 1.29 is 4.79 Å². The molecule has 1 amide bonds. The largest absolute Gasteiger partial charge is 0.325 e. The molecule has 1 heterocycles. The standard InChI is InChI=1S/C14H13BrN4O3/c1-8-11(13(21)18-14(22)17-8)6-12(20)19-16-7-9-3-2-4-10(15)5-9/h2-5,7H,6H2,1H3,(H,19,20)(H2,17,18,21,22)/b16-7-. The van der Waals surface area contributed by atoms with Crippen molar-refractivity contribution in [3.63, 3.8) is 0 Å². The van der Waals surface area contributed by atoms with Crippen LogP contribution in [0.1, 0.15) is 16.8 Å². The zero-order valence-corrected chi connectivity index (χ0v) is 13.2. The minimum atomic E-state index is -0.598. The van der Waals surface area contributed by atoms with Gasteiger partial charge in [0.25, 0.3) is 5.56 Å². The third-order valence-electron chi connectivity index (χ3n) is 2.84. The molecule has 0 aliphatic rings. The summed E-state index contributed by atoms with van der Waals surface area (Å²) >= 11 is 3.33. The van der Waals surface area contributed by atoms with Gasteiger partial charge in [-0.2, -0.15) is 5.10 Å². The van der Waals surface area contributed by atoms with Crippen LogP contribution in [0, 0.1) is 6.92 Å². The zero-order chi connectivity index (χ0) is 16.1. The van der Waals surface area contributed by atoms with E-state index in [1.807, 2.05) is 24.3 Å². The Bertz CT molecular complexity index is 838. The van der Waals surface area contributed by atoms with E-state index >= 15 is 0 Å². The highest BCUT2D eigenvalue weighted by molar-refractivity contribution is 9.10. The molecule has 1 aromatic heterocycles. The fourth-order valence-electron chi connectivity index (χ4n) is 1.80. The molecule has 0 bridgehead atoms. The van der Waals surface area contributed by atoms with Gasteiger partial charge in [-0.3, -0.25) is 14.6 Å². The van der Waals surface area contributed by atoms with Gasteiger partial charge in [0.2, 0.25) is 5.91 Å². The average molecular weight is 365 g/mol. The Morgan fingerprint density at radius 3 is 2.82 bits per heavy atom. The fraction of sp³-hybridized carbons (Fsp3) is 0.143. The first kappa shape index (κ1) is 15.9. The van der Waals surface area contributed by atoms with E-state index in [0.29, 0.717) is 5.69 Å². The number of aromatic amines is 2. The molecule has 2 rings (SSSR count). The van der Waals surface area contributed by atoms with Crippen LogP contribution in [0.4, 0.5) is 0 Å². The van der Waals surface area contributed by atoms with Crippen molar-refractivity contribution in [1.29, 1.82) is 0 Å². The molecule has 3 N–H and O–H groups in total. The number of carbonyl (C=O) groups excluding carboxylic acids is 1. The number of H-pyrrole nitrogens is 2. The summed E-state index contributed by atoms with van der Waals surface area (Å²) in [6.45, 7) is 1.56. The summed E-state index contributed by atoms with van der Waals surface area (Å²) in [5.74, 6) is -0.452. The second-order valence-corrected chi connectivity index (χ2v) is 5.45. The minimum Gasteiger partial charge on any atom is -0.311 e. The van der Waals surface area contributed by atoms with Crippen LogP contribution in [0.5, 0.6) is 0 Å². The molecule has 0 fully saturated rings. The van der Waals surface area contributed by atoms with Gasteiger partial charge in [0.1, 0.15) is 0 Å². The monoisotopic (exact) mass is 364 g/mol. The number of carbonyl (C=O) groups is 1. The number of nitrogens with one attached hydrogen (secondary N) is 3. The van der Waals surface area contributed by atoms with Crippen molar-refractivity contribution in [3.8, 4) is 0 Å². The molecule has 0 saturated carbocycles. The van der Waals surface area contributed by atoms with Crippen molar-refractivity contribution in [1.82, 2.24) is 15.4 Å². The average Bonchev–Trinajstić information content (AvgIpc) is 2.43. The lowest BCUT2D eigenvalue weighted by molar-refractivity contribution is -0.120. The summed E-state index contributed by atoms with van der Waals surface area (Å²) < 4.78 is 0.901. The molecule has 114 valence electrons. The maximum absolute atomic E-state index is 11.8. The fourth-order valence-corrected chi connectivity index (χ4v) is 2.22. The Kier molecular flexibility index (Phi) is 5.05. The number of hydrazone groups is 1. The number of rotatable bonds is 4. The third kappa shape index (κ3) is 4.26. The van der Waals surface area contributed by atoms with Gasteiger partial charge >= 0.3 is 5.69 Å². The summed E-state index contributed by atoms with van der Waals surface area (Å²) in [5, 5.41) is 3.83. The number of hydrogen-bond acceptors (Lipinski definition) is 4. The predicted molar refractivity (Wildman–Crippen MR) is 86.0 cm³/mol. The summed E-state index contributed by atoms with van der Waals surface area (Å²) in [6, 6.07) is 7.39. The topological polar surface area (TPSA) is 107 Å². The second kappa shape index (κ2) is 6.99. The van der Waals surface area contributed by atoms with E-state index in [2.05, 4.69) is 36.4 Å². The van der Waals surface area contributed by atoms with Crippen LogP contribution < -0.4 is 16.7 Å². The highest BCUT2D eigenvalue weighted by Gasteiger charge is 2.10. The molecule has 7 nitrogen and oxygen atoms in total. The Balaban J connectivity index is 2.02. The Hall–Kier alpha value is -2.48. The van der Waals surface area contributed by atoms with E-state index in [4.69, 9.17) is 0 Å². The highest BCUT2D eigenvalue weighted by Crippen LogP contribution is 2.09. The molecule has 0 spiro atoms. The smallest absolute Gasteiger partial charge is 0.311 e. The molecule has 8 heteroatoms. The van der Waals surface area contributed by atoms with E-state index < -0.39 is 17.2 Å². The van der Waals surface area contributed by atoms with Crippen molar-refractivity contribution in [2.75, 3.05) is 0 Å². The summed E-state index contributed by atoms with van der Waals surface area (Å²) in [7, 11) is 0. The maximum atomic E-state index is 11.8. The van der Waals surface area contributed by atoms with Crippen molar-refractivity contribution in [2.24, 2.45) is 5.10 Å². The SMILES string of the molecule is Cc1[nH]c(=O)[nH]c(=O)c1CC(=O)N/N=C\c1cccc(Br)c1. The lowest BCUT2D eigenvalue weighted by Gasteiger charge is -2.02. The van der Waals surface area contributed by atoms with Crippen molar-refractivity contribution >= 4 is 28.1 Å². The van der Waals surface area contributed by atoms with Gasteiger partial charge in [-0.05, 0) is 24.6 Å². The van der Waals surface area contributed by atoms with E-state index in [0.717, 1.165) is 10.0 Å². The van der Waals surface area contributed by atoms with Crippen LogP contribution >= 0.6 is 15.9 Å². The van der Waals surface area contributed by atoms with Gasteiger partial charge in [-0.1, -0.05) is 28.1 Å². The third-order valence-corrected chi connectivity index (χ3v) is 3.34. The molecular formula is C14H13BrN4O3. The van der Waals surface area contributed by atoms with Gasteiger partial charge < -0.3 is 4.98 Å². The number of aryl methyl sites for hydroxylation is 1. The first-order valence-corrected chi connectivity index (χ1v) is 7.14. The number of aromatic nitrogens is 2. The number of benzene rings is 1. The number of hydrogen-bond donors (Lipinski definition) is 3. The van der Waals surface area contributed by atoms with Crippen molar-refractivity contribution in [2.45, 2.75) is 13.3 Å². The summed E-state index contributed by atoms with van der Waals surface area (Å²) in [6.07, 6.45) is 1.32. The van der Waals surface area contributed by atoms with Crippen LogP contribution in [0.15, 0.2) is 43.4 Å². The molecule has 0 radical (unpaired) electrons. The first-order chi connectivity index (χ1) is 10.5. The van der Waals surface area contributed by atoms with Gasteiger partial charge in [-0.25, -0.2) is 10.2 Å². The molecule has 2 aromatic rings. The number of amides is 1. The Labute approximate surface area is 133 Å². The molecule has 0 atom stereocenters. The lowest BCUT2D eigenvalue weighted by Crippen LogP contribution is -2.30. The van der Waals surface area contributed by atoms with Crippen LogP contribution in [0.2, 0.25) is 0 Å². The van der Waals surface area contributed by atoms with Crippen LogP contribution in [0.3, 0.4) is 0 Å². The van der Waals surface area contributed by atoms with E-state index in [1.54, 1.807) is 6.92 Å². The summed E-state index contributed by atoms with van der Waals surface area (Å²) in [4.78, 5) is 39.0. The van der Waals surface area contributed by atoms with Crippen LogP contribution in [0.25, 0.3) is 0 Å². The van der Waals surface area contributed by atoms with Crippen LogP contribution in [-0.2, 0) is 11.2 Å². The molecule has 1 aromatic carbocycles.